The topological polar surface area (TPSA) is 46.8 Å². The fourth-order valence-electron chi connectivity index (χ4n) is 2.40. The monoisotopic (exact) mass is 387 g/mol. The van der Waals surface area contributed by atoms with Crippen molar-refractivity contribution < 1.29 is 4.74 Å². The van der Waals surface area contributed by atoms with Gasteiger partial charge in [0, 0.05) is 29.8 Å². The van der Waals surface area contributed by atoms with Gasteiger partial charge in [0.25, 0.3) is 5.56 Å². The number of nitrogens with zero attached hydrogens (tertiary/aromatic N) is 3. The Hall–Kier alpha value is -2.18. The maximum Gasteiger partial charge on any atom is 0.258 e. The Kier molecular flexibility index (Phi) is 5.27. The van der Waals surface area contributed by atoms with Crippen LogP contribution in [0.3, 0.4) is 0 Å². The summed E-state index contributed by atoms with van der Waals surface area (Å²) in [6.45, 7) is 1.93. The minimum absolute atomic E-state index is 0.0785. The maximum absolute atomic E-state index is 12.2. The summed E-state index contributed by atoms with van der Waals surface area (Å²) in [5.41, 5.74) is 1.32. The Balaban J connectivity index is 1.62. The second-order valence-electron chi connectivity index (χ2n) is 5.56. The summed E-state index contributed by atoms with van der Waals surface area (Å²) in [5.74, 6) is 0.860. The van der Waals surface area contributed by atoms with Crippen molar-refractivity contribution >= 4 is 21.6 Å². The molecule has 24 heavy (non-hydrogen) atoms. The predicted octanol–water partition coefficient (Wildman–Crippen LogP) is 2.97. The fourth-order valence-corrected chi connectivity index (χ4v) is 2.74. The number of aromatic nitrogens is 2. The van der Waals surface area contributed by atoms with E-state index in [1.165, 1.54) is 4.40 Å². The van der Waals surface area contributed by atoms with E-state index in [-0.39, 0.29) is 5.56 Å². The van der Waals surface area contributed by atoms with Gasteiger partial charge in [-0.05, 0) is 47.2 Å². The van der Waals surface area contributed by atoms with Gasteiger partial charge >= 0.3 is 0 Å². The molecule has 0 fully saturated rings. The van der Waals surface area contributed by atoms with Crippen molar-refractivity contribution in [1.29, 1.82) is 0 Å². The van der Waals surface area contributed by atoms with Crippen LogP contribution in [-0.4, -0.2) is 34.5 Å². The van der Waals surface area contributed by atoms with E-state index in [1.807, 2.05) is 49.5 Å². The average molecular weight is 388 g/mol. The molecule has 1 aromatic carbocycles. The number of likely N-dealkylation sites (N-methyl/N-ethyl adjacent to an activating group) is 1. The molecule has 0 atom stereocenters. The molecule has 5 nitrogen and oxygen atoms in total. The van der Waals surface area contributed by atoms with Gasteiger partial charge in [-0.1, -0.05) is 18.2 Å². The van der Waals surface area contributed by atoms with Gasteiger partial charge in [-0.2, -0.15) is 0 Å². The quantitative estimate of drug-likeness (QED) is 0.652. The van der Waals surface area contributed by atoms with Gasteiger partial charge in [-0.3, -0.25) is 14.1 Å². The van der Waals surface area contributed by atoms with Crippen molar-refractivity contribution in [2.24, 2.45) is 0 Å². The molecule has 0 radical (unpaired) electrons. The first-order valence-corrected chi connectivity index (χ1v) is 8.45. The van der Waals surface area contributed by atoms with Gasteiger partial charge in [0.2, 0.25) is 0 Å². The van der Waals surface area contributed by atoms with Crippen LogP contribution in [0.25, 0.3) is 5.65 Å². The van der Waals surface area contributed by atoms with E-state index in [0.717, 1.165) is 22.5 Å². The van der Waals surface area contributed by atoms with Crippen LogP contribution < -0.4 is 10.3 Å². The zero-order valence-corrected chi connectivity index (χ0v) is 14.9. The van der Waals surface area contributed by atoms with Gasteiger partial charge in [-0.15, -0.1) is 0 Å². The maximum atomic E-state index is 12.2. The van der Waals surface area contributed by atoms with Gasteiger partial charge in [0.15, 0.2) is 0 Å². The molecule has 2 aromatic heterocycles. The molecule has 0 spiro atoms. The zero-order chi connectivity index (χ0) is 16.9. The Bertz CT molecular complexity index is 880. The molecular formula is C18H18BrN3O2. The lowest BCUT2D eigenvalue weighted by atomic mass is 10.3. The Labute approximate surface area is 148 Å². The van der Waals surface area contributed by atoms with E-state index in [1.54, 1.807) is 12.3 Å². The number of ether oxygens (including phenoxy) is 1. The van der Waals surface area contributed by atoms with E-state index in [4.69, 9.17) is 4.74 Å². The highest BCUT2D eigenvalue weighted by Crippen LogP contribution is 2.10. The predicted molar refractivity (Wildman–Crippen MR) is 97.4 cm³/mol. The summed E-state index contributed by atoms with van der Waals surface area (Å²) in [7, 11) is 1.99. The average Bonchev–Trinajstić information content (AvgIpc) is 2.56. The molecule has 3 rings (SSSR count). The van der Waals surface area contributed by atoms with E-state index in [9.17, 15) is 4.79 Å². The molecule has 2 heterocycles. The highest BCUT2D eigenvalue weighted by molar-refractivity contribution is 9.10. The van der Waals surface area contributed by atoms with Crippen molar-refractivity contribution in [2.75, 3.05) is 20.2 Å². The minimum atomic E-state index is -0.0785. The Morgan fingerprint density at radius 1 is 1.21 bits per heavy atom. The van der Waals surface area contributed by atoms with E-state index in [0.29, 0.717) is 18.8 Å². The largest absolute Gasteiger partial charge is 0.492 e. The first kappa shape index (κ1) is 16.7. The van der Waals surface area contributed by atoms with E-state index >= 15 is 0 Å². The SMILES string of the molecule is CN(CCOc1ccccc1)Cc1cc(=O)n2cc(Br)ccc2n1. The number of benzene rings is 1. The first-order valence-electron chi connectivity index (χ1n) is 7.66. The summed E-state index contributed by atoms with van der Waals surface area (Å²) in [5, 5.41) is 0. The summed E-state index contributed by atoms with van der Waals surface area (Å²) in [6.07, 6.45) is 1.73. The lowest BCUT2D eigenvalue weighted by Crippen LogP contribution is -2.26. The smallest absolute Gasteiger partial charge is 0.258 e. The molecule has 0 saturated carbocycles. The molecule has 0 unspecified atom stereocenters. The lowest BCUT2D eigenvalue weighted by Gasteiger charge is -2.16. The fraction of sp³-hybridized carbons (Fsp3) is 0.222. The number of pyridine rings is 1. The van der Waals surface area contributed by atoms with Crippen LogP contribution in [0.15, 0.2) is 64.0 Å². The third kappa shape index (κ3) is 4.21. The van der Waals surface area contributed by atoms with Gasteiger partial charge in [0.1, 0.15) is 18.0 Å². The van der Waals surface area contributed by atoms with Crippen LogP contribution in [0.2, 0.25) is 0 Å². The Morgan fingerprint density at radius 2 is 2.00 bits per heavy atom. The molecule has 0 aliphatic rings. The number of rotatable bonds is 6. The van der Waals surface area contributed by atoms with Crippen molar-refractivity contribution in [3.8, 4) is 5.75 Å². The molecule has 0 saturated heterocycles. The third-order valence-corrected chi connectivity index (χ3v) is 4.06. The summed E-state index contributed by atoms with van der Waals surface area (Å²) in [4.78, 5) is 18.8. The van der Waals surface area contributed by atoms with E-state index in [2.05, 4.69) is 25.8 Å². The summed E-state index contributed by atoms with van der Waals surface area (Å²) in [6, 6.07) is 15.0. The third-order valence-electron chi connectivity index (χ3n) is 3.59. The molecule has 0 aliphatic heterocycles. The molecule has 3 aromatic rings. The molecule has 0 aliphatic carbocycles. The van der Waals surface area contributed by atoms with Crippen molar-refractivity contribution in [3.05, 3.63) is 75.2 Å². The van der Waals surface area contributed by atoms with Crippen LogP contribution in [0.5, 0.6) is 5.75 Å². The van der Waals surface area contributed by atoms with Gasteiger partial charge in [0.05, 0.1) is 5.69 Å². The molecule has 6 heteroatoms. The second kappa shape index (κ2) is 7.59. The van der Waals surface area contributed by atoms with Crippen molar-refractivity contribution in [3.63, 3.8) is 0 Å². The number of hydrogen-bond donors (Lipinski definition) is 0. The Morgan fingerprint density at radius 3 is 2.79 bits per heavy atom. The molecule has 124 valence electrons. The summed E-state index contributed by atoms with van der Waals surface area (Å²) < 4.78 is 8.07. The molecule has 0 bridgehead atoms. The molecule has 0 N–H and O–H groups in total. The van der Waals surface area contributed by atoms with Crippen molar-refractivity contribution in [1.82, 2.24) is 14.3 Å². The van der Waals surface area contributed by atoms with E-state index < -0.39 is 0 Å². The molecular weight excluding hydrogens is 370 g/mol. The summed E-state index contributed by atoms with van der Waals surface area (Å²) >= 11 is 3.36. The van der Waals surface area contributed by atoms with Crippen LogP contribution in [0, 0.1) is 0 Å². The number of fused-ring (bicyclic) bond motifs is 1. The van der Waals surface area contributed by atoms with Gasteiger partial charge in [-0.25, -0.2) is 4.98 Å². The minimum Gasteiger partial charge on any atom is -0.492 e. The highest BCUT2D eigenvalue weighted by atomic mass is 79.9. The van der Waals surface area contributed by atoms with Crippen molar-refractivity contribution in [2.45, 2.75) is 6.54 Å². The standard InChI is InChI=1S/C18H18BrN3O2/c1-21(9-10-24-16-5-3-2-4-6-16)13-15-11-18(23)22-12-14(19)7-8-17(22)20-15/h2-8,11-12H,9-10,13H2,1H3. The van der Waals surface area contributed by atoms with Crippen LogP contribution in [-0.2, 0) is 6.54 Å². The highest BCUT2D eigenvalue weighted by Gasteiger charge is 2.06. The second-order valence-corrected chi connectivity index (χ2v) is 6.48. The van der Waals surface area contributed by atoms with Crippen LogP contribution in [0.4, 0.5) is 0 Å². The number of hydrogen-bond acceptors (Lipinski definition) is 4. The first-order chi connectivity index (χ1) is 11.6. The van der Waals surface area contributed by atoms with Crippen LogP contribution in [0.1, 0.15) is 5.69 Å². The number of halogens is 1. The van der Waals surface area contributed by atoms with Crippen LogP contribution >= 0.6 is 15.9 Å². The zero-order valence-electron chi connectivity index (χ0n) is 13.4. The number of para-hydroxylation sites is 1. The molecule has 0 amide bonds. The normalized spacial score (nSPS) is 11.1. The lowest BCUT2D eigenvalue weighted by molar-refractivity contribution is 0.231. The van der Waals surface area contributed by atoms with Gasteiger partial charge < -0.3 is 4.74 Å².